The predicted octanol–water partition coefficient (Wildman–Crippen LogP) is 0.446. The molecule has 0 aromatic rings. The van der Waals surface area contributed by atoms with Gasteiger partial charge in [-0.25, -0.2) is 0 Å². The van der Waals surface area contributed by atoms with Crippen molar-refractivity contribution in [2.24, 2.45) is 5.73 Å². The van der Waals surface area contributed by atoms with Crippen LogP contribution in [0.5, 0.6) is 0 Å². The molecule has 0 saturated carbocycles. The number of rotatable bonds is 3. The zero-order valence-corrected chi connectivity index (χ0v) is 8.18. The number of ether oxygens (including phenoxy) is 1. The summed E-state index contributed by atoms with van der Waals surface area (Å²) < 4.78 is 5.47. The Morgan fingerprint density at radius 3 is 2.33 bits per heavy atom. The molecule has 3 heteroatoms. The maximum atomic E-state index is 5.69. The van der Waals surface area contributed by atoms with Crippen LogP contribution in [0.1, 0.15) is 19.8 Å². The van der Waals surface area contributed by atoms with Crippen LogP contribution in [0.15, 0.2) is 0 Å². The third kappa shape index (κ3) is 1.97. The topological polar surface area (TPSA) is 38.5 Å². The minimum atomic E-state index is -0.0222. The minimum Gasteiger partial charge on any atom is -0.377 e. The second-order valence-corrected chi connectivity index (χ2v) is 3.53. The Kier molecular flexibility index (Phi) is 3.50. The van der Waals surface area contributed by atoms with Crippen LogP contribution in [0.2, 0.25) is 0 Å². The smallest absolute Gasteiger partial charge is 0.0824 e. The molecule has 72 valence electrons. The van der Waals surface area contributed by atoms with E-state index in [1.165, 1.54) is 0 Å². The first-order chi connectivity index (χ1) is 5.76. The number of hydrogen-bond acceptors (Lipinski definition) is 3. The van der Waals surface area contributed by atoms with Crippen molar-refractivity contribution in [2.45, 2.75) is 25.4 Å². The van der Waals surface area contributed by atoms with Crippen molar-refractivity contribution < 1.29 is 4.74 Å². The molecular weight excluding hydrogens is 152 g/mol. The summed E-state index contributed by atoms with van der Waals surface area (Å²) in [5.41, 5.74) is 5.67. The van der Waals surface area contributed by atoms with E-state index in [0.717, 1.165) is 32.5 Å². The van der Waals surface area contributed by atoms with Crippen molar-refractivity contribution >= 4 is 0 Å². The van der Waals surface area contributed by atoms with E-state index in [1.54, 1.807) is 7.11 Å². The van der Waals surface area contributed by atoms with Crippen LogP contribution in [0.3, 0.4) is 0 Å². The molecule has 2 N–H and O–H groups in total. The van der Waals surface area contributed by atoms with Crippen LogP contribution in [-0.4, -0.2) is 43.8 Å². The quantitative estimate of drug-likeness (QED) is 0.671. The molecule has 1 saturated heterocycles. The fraction of sp³-hybridized carbons (Fsp3) is 1.00. The van der Waals surface area contributed by atoms with E-state index < -0.39 is 0 Å². The molecule has 0 atom stereocenters. The molecule has 0 unspecified atom stereocenters. The standard InChI is InChI=1S/C9H20N2O/c1-3-11-6-4-9(8-10,12-2)5-7-11/h3-8,10H2,1-2H3. The molecule has 0 spiro atoms. The Balaban J connectivity index is 2.42. The summed E-state index contributed by atoms with van der Waals surface area (Å²) in [5.74, 6) is 0. The van der Waals surface area contributed by atoms with Gasteiger partial charge in [0.2, 0.25) is 0 Å². The second-order valence-electron chi connectivity index (χ2n) is 3.53. The first-order valence-electron chi connectivity index (χ1n) is 4.74. The Bertz CT molecular complexity index is 124. The molecule has 1 aliphatic heterocycles. The van der Waals surface area contributed by atoms with E-state index in [-0.39, 0.29) is 5.60 Å². The highest BCUT2D eigenvalue weighted by Crippen LogP contribution is 2.24. The predicted molar refractivity (Wildman–Crippen MR) is 50.1 cm³/mol. The fourth-order valence-corrected chi connectivity index (χ4v) is 1.77. The van der Waals surface area contributed by atoms with Crippen molar-refractivity contribution in [2.75, 3.05) is 33.3 Å². The monoisotopic (exact) mass is 172 g/mol. The van der Waals surface area contributed by atoms with Crippen LogP contribution in [0, 0.1) is 0 Å². The normalized spacial score (nSPS) is 24.2. The second kappa shape index (κ2) is 4.21. The lowest BCUT2D eigenvalue weighted by Crippen LogP contribution is -2.49. The molecular formula is C9H20N2O. The van der Waals surface area contributed by atoms with E-state index in [2.05, 4.69) is 11.8 Å². The fourth-order valence-electron chi connectivity index (χ4n) is 1.77. The van der Waals surface area contributed by atoms with Crippen LogP contribution in [0.25, 0.3) is 0 Å². The van der Waals surface area contributed by atoms with Gasteiger partial charge < -0.3 is 15.4 Å². The summed E-state index contributed by atoms with van der Waals surface area (Å²) in [6.45, 7) is 6.25. The maximum absolute atomic E-state index is 5.69. The van der Waals surface area contributed by atoms with Gasteiger partial charge in [-0.2, -0.15) is 0 Å². The molecule has 12 heavy (non-hydrogen) atoms. The molecule has 1 rings (SSSR count). The largest absolute Gasteiger partial charge is 0.377 e. The van der Waals surface area contributed by atoms with Gasteiger partial charge in [-0.3, -0.25) is 0 Å². The molecule has 0 aromatic carbocycles. The molecule has 0 aliphatic carbocycles. The number of methoxy groups -OCH3 is 1. The summed E-state index contributed by atoms with van der Waals surface area (Å²) in [7, 11) is 1.77. The van der Waals surface area contributed by atoms with Crippen LogP contribution in [0.4, 0.5) is 0 Å². The lowest BCUT2D eigenvalue weighted by Gasteiger charge is -2.39. The molecule has 0 amide bonds. The molecule has 1 fully saturated rings. The van der Waals surface area contributed by atoms with E-state index >= 15 is 0 Å². The minimum absolute atomic E-state index is 0.0222. The van der Waals surface area contributed by atoms with Gasteiger partial charge in [-0.15, -0.1) is 0 Å². The van der Waals surface area contributed by atoms with Gasteiger partial charge in [0.15, 0.2) is 0 Å². The SMILES string of the molecule is CCN1CCC(CN)(OC)CC1. The maximum Gasteiger partial charge on any atom is 0.0824 e. The lowest BCUT2D eigenvalue weighted by atomic mass is 9.91. The molecule has 0 bridgehead atoms. The molecule has 0 aromatic heterocycles. The average Bonchev–Trinajstić information content (AvgIpc) is 2.18. The molecule has 1 heterocycles. The third-order valence-corrected chi connectivity index (χ3v) is 3.02. The number of nitrogens with zero attached hydrogens (tertiary/aromatic N) is 1. The number of hydrogen-bond donors (Lipinski definition) is 1. The van der Waals surface area contributed by atoms with Crippen molar-refractivity contribution in [3.63, 3.8) is 0 Å². The van der Waals surface area contributed by atoms with Crippen LogP contribution in [-0.2, 0) is 4.74 Å². The van der Waals surface area contributed by atoms with Crippen LogP contribution < -0.4 is 5.73 Å². The van der Waals surface area contributed by atoms with Gasteiger partial charge >= 0.3 is 0 Å². The average molecular weight is 172 g/mol. The zero-order valence-electron chi connectivity index (χ0n) is 8.18. The highest BCUT2D eigenvalue weighted by Gasteiger charge is 2.32. The summed E-state index contributed by atoms with van der Waals surface area (Å²) in [6.07, 6.45) is 2.15. The summed E-state index contributed by atoms with van der Waals surface area (Å²) in [4.78, 5) is 2.44. The summed E-state index contributed by atoms with van der Waals surface area (Å²) in [6, 6.07) is 0. The van der Waals surface area contributed by atoms with E-state index in [9.17, 15) is 0 Å². The first-order valence-corrected chi connectivity index (χ1v) is 4.74. The van der Waals surface area contributed by atoms with Gasteiger partial charge in [0.25, 0.3) is 0 Å². The third-order valence-electron chi connectivity index (χ3n) is 3.02. The van der Waals surface area contributed by atoms with E-state index in [4.69, 9.17) is 10.5 Å². The molecule has 0 radical (unpaired) electrons. The number of nitrogens with two attached hydrogens (primary N) is 1. The van der Waals surface area contributed by atoms with E-state index in [1.807, 2.05) is 0 Å². The Morgan fingerprint density at radius 1 is 1.42 bits per heavy atom. The van der Waals surface area contributed by atoms with E-state index in [0.29, 0.717) is 6.54 Å². The Labute approximate surface area is 74.9 Å². The van der Waals surface area contributed by atoms with Gasteiger partial charge in [0, 0.05) is 26.7 Å². The number of piperidine rings is 1. The molecule has 1 aliphatic rings. The Hall–Kier alpha value is -0.120. The van der Waals surface area contributed by atoms with Gasteiger partial charge in [-0.1, -0.05) is 6.92 Å². The van der Waals surface area contributed by atoms with Gasteiger partial charge in [0.1, 0.15) is 0 Å². The highest BCUT2D eigenvalue weighted by molar-refractivity contribution is 4.87. The van der Waals surface area contributed by atoms with Crippen LogP contribution >= 0.6 is 0 Å². The van der Waals surface area contributed by atoms with Crippen molar-refractivity contribution in [1.29, 1.82) is 0 Å². The number of likely N-dealkylation sites (tertiary alicyclic amines) is 1. The van der Waals surface area contributed by atoms with Gasteiger partial charge in [-0.05, 0) is 19.4 Å². The highest BCUT2D eigenvalue weighted by atomic mass is 16.5. The van der Waals surface area contributed by atoms with Crippen molar-refractivity contribution in [3.8, 4) is 0 Å². The van der Waals surface area contributed by atoms with Crippen molar-refractivity contribution in [1.82, 2.24) is 4.90 Å². The molecule has 3 nitrogen and oxygen atoms in total. The zero-order chi connectivity index (χ0) is 9.03. The van der Waals surface area contributed by atoms with Gasteiger partial charge in [0.05, 0.1) is 5.60 Å². The first kappa shape index (κ1) is 9.96. The summed E-state index contributed by atoms with van der Waals surface area (Å²) in [5, 5.41) is 0. The lowest BCUT2D eigenvalue weighted by molar-refractivity contribution is -0.0488. The summed E-state index contributed by atoms with van der Waals surface area (Å²) >= 11 is 0. The Morgan fingerprint density at radius 2 is 2.00 bits per heavy atom. The van der Waals surface area contributed by atoms with Crippen molar-refractivity contribution in [3.05, 3.63) is 0 Å².